The maximum atomic E-state index is 6.65. The largest absolute Gasteiger partial charge is 0.530 e. The van der Waals surface area contributed by atoms with Crippen LogP contribution >= 0.6 is 0 Å². The summed E-state index contributed by atoms with van der Waals surface area (Å²) in [5, 5.41) is 0. The Morgan fingerprint density at radius 2 is 0.796 bits per heavy atom. The van der Waals surface area contributed by atoms with Crippen LogP contribution in [0.5, 0.6) is 0 Å². The molecule has 3 aliphatic heterocycles. The van der Waals surface area contributed by atoms with E-state index in [1.165, 1.54) is 0 Å². The van der Waals surface area contributed by atoms with E-state index in [9.17, 15) is 0 Å². The fourth-order valence-electron chi connectivity index (χ4n) is 5.87. The minimum atomic E-state index is -3.40. The molecular formula is C29H63NO15Si4. The van der Waals surface area contributed by atoms with E-state index in [0.29, 0.717) is 77.4 Å². The van der Waals surface area contributed by atoms with Gasteiger partial charge in [0.2, 0.25) is 0 Å². The van der Waals surface area contributed by atoms with Gasteiger partial charge in [0.25, 0.3) is 0 Å². The van der Waals surface area contributed by atoms with Crippen molar-refractivity contribution in [2.45, 2.75) is 55.7 Å². The molecule has 16 nitrogen and oxygen atoms in total. The number of nitrogens with zero attached hydrogens (tertiary/aromatic N) is 1. The predicted molar refractivity (Wildman–Crippen MR) is 188 cm³/mol. The molecule has 2 bridgehead atoms. The molecule has 0 saturated carbocycles. The zero-order valence-corrected chi connectivity index (χ0v) is 35.2. The third-order valence-corrected chi connectivity index (χ3v) is 19.6. The van der Waals surface area contributed by atoms with Crippen LogP contribution in [0.1, 0.15) is 19.3 Å². The second kappa shape index (κ2) is 23.6. The number of rotatable bonds is 28. The first-order valence-electron chi connectivity index (χ1n) is 16.7. The monoisotopic (exact) mass is 777 g/mol. The van der Waals surface area contributed by atoms with Crippen molar-refractivity contribution in [3.8, 4) is 0 Å². The van der Waals surface area contributed by atoms with Gasteiger partial charge in [0.1, 0.15) is 0 Å². The lowest BCUT2D eigenvalue weighted by molar-refractivity contribution is -0.121. The highest BCUT2D eigenvalue weighted by molar-refractivity contribution is 6.66. The zero-order chi connectivity index (χ0) is 36.2. The summed E-state index contributed by atoms with van der Waals surface area (Å²) in [6, 6.07) is 1.94. The molecule has 0 aromatic rings. The van der Waals surface area contributed by atoms with Crippen LogP contribution in [0, 0.1) is 0 Å². The van der Waals surface area contributed by atoms with Crippen LogP contribution in [-0.2, 0) is 67.3 Å². The van der Waals surface area contributed by atoms with Gasteiger partial charge in [-0.15, -0.1) is 0 Å². The molecule has 3 atom stereocenters. The Morgan fingerprint density at radius 1 is 0.531 bits per heavy atom. The van der Waals surface area contributed by atoms with Crippen LogP contribution < -0.4 is 0 Å². The van der Waals surface area contributed by atoms with Gasteiger partial charge in [-0.25, -0.2) is 0 Å². The molecule has 0 aliphatic carbocycles. The molecule has 49 heavy (non-hydrogen) atoms. The first-order chi connectivity index (χ1) is 23.6. The van der Waals surface area contributed by atoms with Crippen molar-refractivity contribution < 1.29 is 67.3 Å². The average molecular weight is 778 g/mol. The predicted octanol–water partition coefficient (Wildman–Crippen LogP) is 1.99. The average Bonchev–Trinajstić information content (AvgIpc) is 3.11. The minimum Gasteiger partial charge on any atom is -0.379 e. The minimum absolute atomic E-state index is 0.284. The van der Waals surface area contributed by atoms with E-state index < -0.39 is 35.2 Å². The normalized spacial score (nSPS) is 25.2. The molecule has 290 valence electrons. The summed E-state index contributed by atoms with van der Waals surface area (Å²) in [7, 11) is 3.10. The molecule has 20 heteroatoms. The Hall–Kier alpha value is -0.0325. The third-order valence-electron chi connectivity index (χ3n) is 8.65. The summed E-state index contributed by atoms with van der Waals surface area (Å²) in [5.74, 6) is 0. The van der Waals surface area contributed by atoms with Crippen molar-refractivity contribution in [2.75, 3.05) is 123 Å². The topological polar surface area (TPSA) is 142 Å². The molecular weight excluding hydrogens is 715 g/mol. The molecule has 0 radical (unpaired) electrons. The lowest BCUT2D eigenvalue weighted by Gasteiger charge is -2.45. The van der Waals surface area contributed by atoms with Gasteiger partial charge >= 0.3 is 35.2 Å². The summed E-state index contributed by atoms with van der Waals surface area (Å²) in [6.45, 7) is 8.58. The fraction of sp³-hybridized carbons (Fsp3) is 0.931. The highest BCUT2D eigenvalue weighted by Crippen LogP contribution is 2.27. The van der Waals surface area contributed by atoms with Gasteiger partial charge in [-0.05, 0) is 25.0 Å². The van der Waals surface area contributed by atoms with Gasteiger partial charge in [-0.3, -0.25) is 4.90 Å². The van der Waals surface area contributed by atoms with Gasteiger partial charge in [0, 0.05) is 122 Å². The van der Waals surface area contributed by atoms with E-state index in [0.717, 1.165) is 19.3 Å². The van der Waals surface area contributed by atoms with Crippen LogP contribution in [0.4, 0.5) is 0 Å². The quantitative estimate of drug-likeness (QED) is 0.0844. The summed E-state index contributed by atoms with van der Waals surface area (Å²) in [4.78, 5) is 2.27. The van der Waals surface area contributed by atoms with Gasteiger partial charge in [-0.1, -0.05) is 6.58 Å². The molecule has 3 fully saturated rings. The van der Waals surface area contributed by atoms with Crippen molar-refractivity contribution in [2.24, 2.45) is 0 Å². The SMILES string of the molecule is C=C[Si]12OC(COCCC[Si](OC)(OC)OC)CN(CC(COCCC[Si](OC)(OC)OC)O1)CC(COCCC[Si](OC)(OC)OC)O2. The highest BCUT2D eigenvalue weighted by Gasteiger charge is 2.50. The standard InChI is InChI=1S/C29H63NO15Si4/c1-11-46-43-27(24-40-15-12-18-47(31-2,32-3)33-4)21-30(22-28(44-46)25-41-16-13-19-48(34-5,35-6)36-7)23-29(45-46)26-42-17-14-20-49(37-8,38-9)39-10/h11,27-29H,1,12-26H2,2-10H3. The van der Waals surface area contributed by atoms with Crippen LogP contribution in [-0.4, -0.2) is 182 Å². The lowest BCUT2D eigenvalue weighted by atomic mass is 10.2. The highest BCUT2D eigenvalue weighted by atomic mass is 28.4. The second-order valence-electron chi connectivity index (χ2n) is 11.7. The molecule has 3 rings (SSSR count). The van der Waals surface area contributed by atoms with E-state index in [1.807, 2.05) is 0 Å². The van der Waals surface area contributed by atoms with Crippen molar-refractivity contribution in [3.05, 3.63) is 12.3 Å². The molecule has 0 aromatic heterocycles. The molecule has 0 N–H and O–H groups in total. The molecule has 0 amide bonds. The summed E-state index contributed by atoms with van der Waals surface area (Å²) >= 11 is 0. The molecule has 3 saturated heterocycles. The number of hydrogen-bond acceptors (Lipinski definition) is 16. The second-order valence-corrected chi connectivity index (χ2v) is 23.3. The Labute approximate surface area is 298 Å². The maximum Gasteiger partial charge on any atom is 0.530 e. The van der Waals surface area contributed by atoms with E-state index in [-0.39, 0.29) is 18.3 Å². The number of ether oxygens (including phenoxy) is 3. The first kappa shape index (κ1) is 45.1. The van der Waals surface area contributed by atoms with E-state index >= 15 is 0 Å². The summed E-state index contributed by atoms with van der Waals surface area (Å²) in [5.41, 5.74) is 1.70. The third kappa shape index (κ3) is 14.4. The lowest BCUT2D eigenvalue weighted by Crippen LogP contribution is -2.63. The van der Waals surface area contributed by atoms with E-state index in [2.05, 4.69) is 11.5 Å². The molecule has 3 heterocycles. The van der Waals surface area contributed by atoms with Crippen molar-refractivity contribution in [1.29, 1.82) is 0 Å². The molecule has 3 unspecified atom stereocenters. The fourth-order valence-corrected chi connectivity index (χ4v) is 13.2. The Kier molecular flexibility index (Phi) is 21.7. The first-order valence-corrected chi connectivity index (χ1v) is 24.3. The van der Waals surface area contributed by atoms with E-state index in [1.54, 1.807) is 69.7 Å². The van der Waals surface area contributed by atoms with Crippen LogP contribution in [0.25, 0.3) is 0 Å². The summed E-state index contributed by atoms with van der Waals surface area (Å²) < 4.78 is 87.9. The number of fused-ring (bicyclic) bond motifs is 6. The Balaban J connectivity index is 2.03. The van der Waals surface area contributed by atoms with Gasteiger partial charge in [0.15, 0.2) is 0 Å². The Bertz CT molecular complexity index is 761. The van der Waals surface area contributed by atoms with Crippen molar-refractivity contribution in [1.82, 2.24) is 4.90 Å². The molecule has 0 aromatic carbocycles. The number of hydrogen-bond donors (Lipinski definition) is 0. The zero-order valence-electron chi connectivity index (χ0n) is 31.2. The van der Waals surface area contributed by atoms with Crippen LogP contribution in [0.3, 0.4) is 0 Å². The van der Waals surface area contributed by atoms with Crippen molar-refractivity contribution >= 4 is 35.2 Å². The smallest absolute Gasteiger partial charge is 0.379 e. The van der Waals surface area contributed by atoms with E-state index in [4.69, 9.17) is 67.3 Å². The molecule has 3 aliphatic rings. The van der Waals surface area contributed by atoms with Gasteiger partial charge in [0.05, 0.1) is 38.1 Å². The molecule has 0 spiro atoms. The Morgan fingerprint density at radius 3 is 1.02 bits per heavy atom. The van der Waals surface area contributed by atoms with Crippen LogP contribution in [0.2, 0.25) is 18.1 Å². The summed E-state index contributed by atoms with van der Waals surface area (Å²) in [6.07, 6.45) is 1.31. The van der Waals surface area contributed by atoms with Crippen LogP contribution in [0.15, 0.2) is 12.3 Å². The van der Waals surface area contributed by atoms with Crippen molar-refractivity contribution in [3.63, 3.8) is 0 Å². The van der Waals surface area contributed by atoms with Gasteiger partial charge in [-0.2, -0.15) is 0 Å². The van der Waals surface area contributed by atoms with Gasteiger partial charge < -0.3 is 67.3 Å². The maximum absolute atomic E-state index is 6.65.